The van der Waals surface area contributed by atoms with Crippen molar-refractivity contribution < 1.29 is 41.9 Å². The molecule has 0 amide bonds. The largest absolute Gasteiger partial charge is 1.00 e. The SMILES string of the molecule is O=C([O-])c1ccccc1C(F)(F)F.[Li+]. The van der Waals surface area contributed by atoms with E-state index in [-0.39, 0.29) is 18.9 Å². The van der Waals surface area contributed by atoms with Crippen LogP contribution in [0.1, 0.15) is 15.9 Å². The first-order valence-electron chi connectivity index (χ1n) is 3.30. The summed E-state index contributed by atoms with van der Waals surface area (Å²) < 4.78 is 36.4. The molecule has 0 bridgehead atoms. The molecule has 0 aliphatic rings. The summed E-state index contributed by atoms with van der Waals surface area (Å²) in [6, 6.07) is 3.89. The zero-order valence-electron chi connectivity index (χ0n) is 7.26. The molecule has 0 aromatic heterocycles. The minimum atomic E-state index is -4.66. The maximum atomic E-state index is 12.1. The average Bonchev–Trinajstić information content (AvgIpc) is 2.03. The molecule has 0 aliphatic heterocycles. The third-order valence-electron chi connectivity index (χ3n) is 1.45. The number of hydrogen-bond donors (Lipinski definition) is 0. The number of carboxylic acids is 1. The van der Waals surface area contributed by atoms with Gasteiger partial charge in [-0.05, 0) is 6.07 Å². The van der Waals surface area contributed by atoms with Crippen LogP contribution >= 0.6 is 0 Å². The van der Waals surface area contributed by atoms with E-state index in [4.69, 9.17) is 0 Å². The molecule has 0 N–H and O–H groups in total. The van der Waals surface area contributed by atoms with Gasteiger partial charge in [0.05, 0.1) is 11.5 Å². The van der Waals surface area contributed by atoms with Crippen LogP contribution in [-0.2, 0) is 6.18 Å². The van der Waals surface area contributed by atoms with Gasteiger partial charge in [-0.25, -0.2) is 0 Å². The minimum Gasteiger partial charge on any atom is -0.545 e. The predicted molar refractivity (Wildman–Crippen MR) is 35.8 cm³/mol. The Hall–Kier alpha value is -0.923. The van der Waals surface area contributed by atoms with Crippen LogP contribution in [-0.4, -0.2) is 5.97 Å². The van der Waals surface area contributed by atoms with E-state index < -0.39 is 23.3 Å². The van der Waals surface area contributed by atoms with Gasteiger partial charge in [0.25, 0.3) is 0 Å². The van der Waals surface area contributed by atoms with Crippen LogP contribution in [0.4, 0.5) is 13.2 Å². The van der Waals surface area contributed by atoms with Crippen molar-refractivity contribution >= 4 is 5.97 Å². The molecule has 0 unspecified atom stereocenters. The van der Waals surface area contributed by atoms with E-state index in [9.17, 15) is 23.1 Å². The van der Waals surface area contributed by atoms with Crippen LogP contribution in [0, 0.1) is 0 Å². The quantitative estimate of drug-likeness (QED) is 0.491. The molecule has 2 nitrogen and oxygen atoms in total. The van der Waals surface area contributed by atoms with Gasteiger partial charge in [0.1, 0.15) is 0 Å². The van der Waals surface area contributed by atoms with Crippen molar-refractivity contribution in [3.8, 4) is 0 Å². The molecule has 0 heterocycles. The Bertz CT molecular complexity index is 336. The van der Waals surface area contributed by atoms with Crippen LogP contribution in [0.3, 0.4) is 0 Å². The zero-order valence-corrected chi connectivity index (χ0v) is 7.26. The summed E-state index contributed by atoms with van der Waals surface area (Å²) in [4.78, 5) is 10.3. The molecule has 70 valence electrons. The number of aromatic carboxylic acids is 1. The van der Waals surface area contributed by atoms with Gasteiger partial charge in [-0.15, -0.1) is 0 Å². The van der Waals surface area contributed by atoms with Gasteiger partial charge in [0.15, 0.2) is 0 Å². The molecule has 0 atom stereocenters. The average molecular weight is 196 g/mol. The topological polar surface area (TPSA) is 40.1 Å². The van der Waals surface area contributed by atoms with Crippen molar-refractivity contribution in [3.05, 3.63) is 35.4 Å². The summed E-state index contributed by atoms with van der Waals surface area (Å²) in [5.74, 6) is -1.83. The van der Waals surface area contributed by atoms with Crippen LogP contribution in [0.5, 0.6) is 0 Å². The third kappa shape index (κ3) is 2.79. The normalized spacial score (nSPS) is 10.5. The molecular weight excluding hydrogens is 192 g/mol. The number of alkyl halides is 3. The maximum absolute atomic E-state index is 12.1. The number of halogens is 3. The number of carbonyl (C=O) groups is 1. The first-order chi connectivity index (χ1) is 5.93. The molecule has 1 rings (SSSR count). The van der Waals surface area contributed by atoms with E-state index >= 15 is 0 Å². The van der Waals surface area contributed by atoms with Crippen LogP contribution in [0.15, 0.2) is 24.3 Å². The minimum absolute atomic E-state index is 0. The Morgan fingerprint density at radius 2 is 1.71 bits per heavy atom. The Kier molecular flexibility index (Phi) is 4.24. The molecule has 1 aromatic carbocycles. The number of hydrogen-bond acceptors (Lipinski definition) is 2. The summed E-state index contributed by atoms with van der Waals surface area (Å²) in [6.07, 6.45) is -4.66. The molecule has 0 aliphatic carbocycles. The summed E-state index contributed by atoms with van der Waals surface area (Å²) in [5.41, 5.74) is -2.02. The summed E-state index contributed by atoms with van der Waals surface area (Å²) in [5, 5.41) is 10.3. The number of carboxylic acid groups (broad SMARTS) is 1. The third-order valence-corrected chi connectivity index (χ3v) is 1.45. The van der Waals surface area contributed by atoms with Crippen molar-refractivity contribution in [1.29, 1.82) is 0 Å². The van der Waals surface area contributed by atoms with Crippen molar-refractivity contribution in [2.45, 2.75) is 6.18 Å². The first kappa shape index (κ1) is 13.1. The molecule has 0 fully saturated rings. The Balaban J connectivity index is 0.00000169. The molecule has 0 spiro atoms. The van der Waals surface area contributed by atoms with Crippen molar-refractivity contribution in [3.63, 3.8) is 0 Å². The van der Waals surface area contributed by atoms with Crippen LogP contribution < -0.4 is 24.0 Å². The van der Waals surface area contributed by atoms with Crippen LogP contribution in [0.2, 0.25) is 0 Å². The molecular formula is C8H4F3LiO2. The maximum Gasteiger partial charge on any atom is 1.00 e. The Morgan fingerprint density at radius 3 is 2.07 bits per heavy atom. The fourth-order valence-corrected chi connectivity index (χ4v) is 0.908. The molecule has 0 saturated carbocycles. The molecule has 0 radical (unpaired) electrons. The van der Waals surface area contributed by atoms with Gasteiger partial charge in [0.2, 0.25) is 0 Å². The predicted octanol–water partition coefficient (Wildman–Crippen LogP) is -1.93. The molecule has 6 heteroatoms. The van der Waals surface area contributed by atoms with E-state index in [0.717, 1.165) is 12.1 Å². The number of carbonyl (C=O) groups excluding carboxylic acids is 1. The van der Waals surface area contributed by atoms with Gasteiger partial charge in [-0.2, -0.15) is 13.2 Å². The second kappa shape index (κ2) is 4.54. The zero-order chi connectivity index (χ0) is 10.1. The fraction of sp³-hybridized carbons (Fsp3) is 0.125. The Morgan fingerprint density at radius 1 is 1.21 bits per heavy atom. The monoisotopic (exact) mass is 196 g/mol. The standard InChI is InChI=1S/C8H5F3O2.Li/c9-8(10,11)6-4-2-1-3-5(6)7(12)13;/h1-4H,(H,12,13);/q;+1/p-1. The Labute approximate surface area is 89.9 Å². The van der Waals surface area contributed by atoms with Gasteiger partial charge in [-0.1, -0.05) is 18.2 Å². The van der Waals surface area contributed by atoms with Gasteiger partial charge in [0, 0.05) is 5.56 Å². The second-order valence-corrected chi connectivity index (χ2v) is 2.33. The second-order valence-electron chi connectivity index (χ2n) is 2.33. The van der Waals surface area contributed by atoms with E-state index in [1.165, 1.54) is 6.07 Å². The first-order valence-corrected chi connectivity index (χ1v) is 3.30. The fourth-order valence-electron chi connectivity index (χ4n) is 0.908. The van der Waals surface area contributed by atoms with E-state index in [2.05, 4.69) is 0 Å². The van der Waals surface area contributed by atoms with Crippen molar-refractivity contribution in [2.75, 3.05) is 0 Å². The number of benzene rings is 1. The van der Waals surface area contributed by atoms with Crippen molar-refractivity contribution in [2.24, 2.45) is 0 Å². The smallest absolute Gasteiger partial charge is 0.545 e. The van der Waals surface area contributed by atoms with Gasteiger partial charge < -0.3 is 9.90 Å². The summed E-state index contributed by atoms with van der Waals surface area (Å²) in [7, 11) is 0. The van der Waals surface area contributed by atoms with Crippen molar-refractivity contribution in [1.82, 2.24) is 0 Å². The van der Waals surface area contributed by atoms with Gasteiger partial charge in [-0.3, -0.25) is 0 Å². The van der Waals surface area contributed by atoms with E-state index in [1.807, 2.05) is 0 Å². The number of rotatable bonds is 1. The molecule has 14 heavy (non-hydrogen) atoms. The molecule has 0 saturated heterocycles. The van der Waals surface area contributed by atoms with Gasteiger partial charge >= 0.3 is 25.0 Å². The van der Waals surface area contributed by atoms with E-state index in [0.29, 0.717) is 6.07 Å². The summed E-state index contributed by atoms with van der Waals surface area (Å²) in [6.45, 7) is 0. The van der Waals surface area contributed by atoms with Crippen LogP contribution in [0.25, 0.3) is 0 Å². The van der Waals surface area contributed by atoms with E-state index in [1.54, 1.807) is 0 Å². The summed E-state index contributed by atoms with van der Waals surface area (Å²) >= 11 is 0. The molecule has 1 aromatic rings.